The van der Waals surface area contributed by atoms with Gasteiger partial charge in [0.15, 0.2) is 0 Å². The molecule has 0 aromatic heterocycles. The number of piperazine rings is 1. The molecule has 12 heavy (non-hydrogen) atoms. The van der Waals surface area contributed by atoms with Gasteiger partial charge >= 0.3 is 6.09 Å². The summed E-state index contributed by atoms with van der Waals surface area (Å²) >= 11 is 0. The summed E-state index contributed by atoms with van der Waals surface area (Å²) in [5.41, 5.74) is 0. The van der Waals surface area contributed by atoms with E-state index < -0.39 is 6.09 Å². The number of ether oxygens (including phenoxy) is 1. The maximum atomic E-state index is 10.6. The van der Waals surface area contributed by atoms with E-state index in [0.717, 1.165) is 0 Å². The number of hydrogen-bond donors (Lipinski definition) is 2. The average Bonchev–Trinajstić information content (AvgIpc) is 2.03. The molecule has 0 aromatic rings. The molecule has 0 saturated carbocycles. The lowest BCUT2D eigenvalue weighted by atomic mass is 10.1. The van der Waals surface area contributed by atoms with E-state index in [1.165, 1.54) is 4.90 Å². The Hall–Kier alpha value is -0.810. The quantitative estimate of drug-likeness (QED) is 0.509. The van der Waals surface area contributed by atoms with E-state index in [9.17, 15) is 4.79 Å². The van der Waals surface area contributed by atoms with Gasteiger partial charge in [0.2, 0.25) is 0 Å². The van der Waals surface area contributed by atoms with E-state index >= 15 is 0 Å². The summed E-state index contributed by atoms with van der Waals surface area (Å²) in [6, 6.07) is 0.377. The second-order valence-electron chi connectivity index (χ2n) is 3.29. The summed E-state index contributed by atoms with van der Waals surface area (Å²) in [6.45, 7) is 2.35. The van der Waals surface area contributed by atoms with Crippen LogP contribution in [0.5, 0.6) is 0 Å². The fraction of sp³-hybridized carbons (Fsp3) is 0.857. The molecule has 68 valence electrons. The van der Waals surface area contributed by atoms with Crippen LogP contribution in [-0.2, 0) is 4.74 Å². The maximum Gasteiger partial charge on any atom is 0.407 e. The minimum atomic E-state index is -0.826. The standard InChI is InChI=1S/C7H12N2O3/c10-7(11)9-1-5-3-12-4-6(2-9)8-5/h5-6,8H,1-4H2,(H,10,11). The fourth-order valence-corrected chi connectivity index (χ4v) is 1.76. The zero-order valence-electron chi connectivity index (χ0n) is 6.69. The van der Waals surface area contributed by atoms with Crippen molar-refractivity contribution in [3.63, 3.8) is 0 Å². The SMILES string of the molecule is O=C(O)N1CC2COCC(C1)N2. The summed E-state index contributed by atoms with van der Waals surface area (Å²) in [6.07, 6.45) is -0.826. The van der Waals surface area contributed by atoms with Gasteiger partial charge in [-0.15, -0.1) is 0 Å². The van der Waals surface area contributed by atoms with Crippen molar-refractivity contribution in [2.24, 2.45) is 0 Å². The molecule has 5 nitrogen and oxygen atoms in total. The topological polar surface area (TPSA) is 61.8 Å². The number of fused-ring (bicyclic) bond motifs is 2. The molecule has 2 rings (SSSR count). The van der Waals surface area contributed by atoms with Crippen molar-refractivity contribution >= 4 is 6.09 Å². The average molecular weight is 172 g/mol. The molecular formula is C7H12N2O3. The Balaban J connectivity index is 2.00. The van der Waals surface area contributed by atoms with Gasteiger partial charge in [0, 0.05) is 25.2 Å². The second kappa shape index (κ2) is 2.91. The Labute approximate surface area is 70.3 Å². The number of nitrogens with zero attached hydrogens (tertiary/aromatic N) is 1. The van der Waals surface area contributed by atoms with E-state index in [1.54, 1.807) is 0 Å². The third kappa shape index (κ3) is 1.37. The Morgan fingerprint density at radius 2 is 2.00 bits per heavy atom. The van der Waals surface area contributed by atoms with E-state index in [1.807, 2.05) is 0 Å². The first-order valence-electron chi connectivity index (χ1n) is 4.07. The summed E-state index contributed by atoms with van der Waals surface area (Å²) < 4.78 is 5.28. The van der Waals surface area contributed by atoms with Crippen molar-refractivity contribution < 1.29 is 14.6 Å². The number of carbonyl (C=O) groups is 1. The van der Waals surface area contributed by atoms with Gasteiger partial charge in [-0.05, 0) is 0 Å². The summed E-state index contributed by atoms with van der Waals surface area (Å²) in [4.78, 5) is 12.1. The van der Waals surface area contributed by atoms with Crippen molar-refractivity contribution in [2.45, 2.75) is 12.1 Å². The third-order valence-electron chi connectivity index (χ3n) is 2.26. The number of carboxylic acid groups (broad SMARTS) is 1. The Morgan fingerprint density at radius 1 is 1.42 bits per heavy atom. The minimum absolute atomic E-state index is 0.189. The van der Waals surface area contributed by atoms with Crippen molar-refractivity contribution in [3.8, 4) is 0 Å². The fourth-order valence-electron chi connectivity index (χ4n) is 1.76. The highest BCUT2D eigenvalue weighted by Gasteiger charge is 2.32. The third-order valence-corrected chi connectivity index (χ3v) is 2.26. The lowest BCUT2D eigenvalue weighted by Gasteiger charge is -2.40. The van der Waals surface area contributed by atoms with Gasteiger partial charge in [0.05, 0.1) is 13.2 Å². The van der Waals surface area contributed by atoms with Gasteiger partial charge < -0.3 is 20.1 Å². The van der Waals surface area contributed by atoms with Crippen LogP contribution in [0.1, 0.15) is 0 Å². The molecular weight excluding hydrogens is 160 g/mol. The molecule has 0 aliphatic carbocycles. The van der Waals surface area contributed by atoms with Gasteiger partial charge in [0.25, 0.3) is 0 Å². The molecule has 0 spiro atoms. The normalized spacial score (nSPS) is 34.8. The van der Waals surface area contributed by atoms with Gasteiger partial charge in [-0.2, -0.15) is 0 Å². The first kappa shape index (κ1) is 7.82. The molecule has 5 heteroatoms. The van der Waals surface area contributed by atoms with Crippen LogP contribution < -0.4 is 5.32 Å². The first-order valence-corrected chi connectivity index (χ1v) is 4.07. The largest absolute Gasteiger partial charge is 0.465 e. The molecule has 2 aliphatic rings. The van der Waals surface area contributed by atoms with Crippen LogP contribution in [0.15, 0.2) is 0 Å². The predicted octanol–water partition coefficient (Wildman–Crippen LogP) is -0.663. The molecule has 2 unspecified atom stereocenters. The zero-order valence-corrected chi connectivity index (χ0v) is 6.69. The molecule has 2 saturated heterocycles. The van der Waals surface area contributed by atoms with Crippen LogP contribution in [0, 0.1) is 0 Å². The van der Waals surface area contributed by atoms with E-state index in [2.05, 4.69) is 5.32 Å². The monoisotopic (exact) mass is 172 g/mol. The molecule has 2 aliphatic heterocycles. The highest BCUT2D eigenvalue weighted by molar-refractivity contribution is 5.65. The van der Waals surface area contributed by atoms with Crippen LogP contribution in [-0.4, -0.2) is 54.5 Å². The summed E-state index contributed by atoms with van der Waals surface area (Å²) in [5, 5.41) is 12.1. The van der Waals surface area contributed by atoms with Crippen molar-refractivity contribution in [1.82, 2.24) is 10.2 Å². The van der Waals surface area contributed by atoms with Crippen molar-refractivity contribution in [2.75, 3.05) is 26.3 Å². The lowest BCUT2D eigenvalue weighted by molar-refractivity contribution is -0.00239. The van der Waals surface area contributed by atoms with Crippen LogP contribution in [0.4, 0.5) is 4.79 Å². The number of rotatable bonds is 0. The molecule has 2 bridgehead atoms. The van der Waals surface area contributed by atoms with Gasteiger partial charge in [-0.3, -0.25) is 0 Å². The van der Waals surface area contributed by atoms with Crippen molar-refractivity contribution in [1.29, 1.82) is 0 Å². The number of amides is 1. The van der Waals surface area contributed by atoms with Crippen LogP contribution in [0.2, 0.25) is 0 Å². The summed E-state index contributed by atoms with van der Waals surface area (Å²) in [7, 11) is 0. The van der Waals surface area contributed by atoms with Crippen molar-refractivity contribution in [3.05, 3.63) is 0 Å². The van der Waals surface area contributed by atoms with E-state index in [4.69, 9.17) is 9.84 Å². The van der Waals surface area contributed by atoms with Crippen LogP contribution >= 0.6 is 0 Å². The van der Waals surface area contributed by atoms with Gasteiger partial charge in [0.1, 0.15) is 0 Å². The highest BCUT2D eigenvalue weighted by atomic mass is 16.5. The molecule has 0 aromatic carbocycles. The smallest absolute Gasteiger partial charge is 0.407 e. The Bertz CT molecular complexity index is 185. The number of morpholine rings is 1. The Morgan fingerprint density at radius 3 is 2.50 bits per heavy atom. The summed E-state index contributed by atoms with van der Waals surface area (Å²) in [5.74, 6) is 0. The molecule has 2 fully saturated rings. The van der Waals surface area contributed by atoms with Crippen LogP contribution in [0.3, 0.4) is 0 Å². The van der Waals surface area contributed by atoms with Crippen LogP contribution in [0.25, 0.3) is 0 Å². The van der Waals surface area contributed by atoms with Gasteiger partial charge in [-0.1, -0.05) is 0 Å². The number of hydrogen-bond acceptors (Lipinski definition) is 3. The molecule has 0 radical (unpaired) electrons. The van der Waals surface area contributed by atoms with Gasteiger partial charge in [-0.25, -0.2) is 4.79 Å². The lowest BCUT2D eigenvalue weighted by Crippen LogP contribution is -2.63. The minimum Gasteiger partial charge on any atom is -0.465 e. The Kier molecular flexibility index (Phi) is 1.90. The van der Waals surface area contributed by atoms with E-state index in [-0.39, 0.29) is 12.1 Å². The van der Waals surface area contributed by atoms with E-state index in [0.29, 0.717) is 26.3 Å². The zero-order chi connectivity index (χ0) is 8.55. The molecule has 2 heterocycles. The second-order valence-corrected chi connectivity index (χ2v) is 3.29. The molecule has 2 N–H and O–H groups in total. The predicted molar refractivity (Wildman–Crippen MR) is 41.1 cm³/mol. The highest BCUT2D eigenvalue weighted by Crippen LogP contribution is 2.10. The first-order chi connectivity index (χ1) is 5.75. The number of nitrogens with one attached hydrogen (secondary N) is 1. The molecule has 2 atom stereocenters. The maximum absolute atomic E-state index is 10.6. The molecule has 1 amide bonds.